The van der Waals surface area contributed by atoms with Gasteiger partial charge in [-0.05, 0) is 38.5 Å². The van der Waals surface area contributed by atoms with E-state index in [0.29, 0.717) is 24.7 Å². The zero-order valence-corrected chi connectivity index (χ0v) is 13.6. The van der Waals surface area contributed by atoms with Crippen molar-refractivity contribution in [3.05, 3.63) is 48.0 Å². The van der Waals surface area contributed by atoms with Gasteiger partial charge in [-0.25, -0.2) is 4.98 Å². The summed E-state index contributed by atoms with van der Waals surface area (Å²) in [5.74, 6) is 1.11. The lowest BCUT2D eigenvalue weighted by Gasteiger charge is -2.17. The molecule has 6 nitrogen and oxygen atoms in total. The Labute approximate surface area is 135 Å². The molecule has 1 amide bonds. The van der Waals surface area contributed by atoms with Crippen molar-refractivity contribution in [2.75, 3.05) is 13.2 Å². The number of hydrogen-bond donors (Lipinski definition) is 1. The normalized spacial score (nSPS) is 11.6. The Balaban J connectivity index is 2.14. The highest BCUT2D eigenvalue weighted by molar-refractivity contribution is 5.92. The molecule has 0 radical (unpaired) electrons. The Hall–Kier alpha value is -2.63. The van der Waals surface area contributed by atoms with Crippen LogP contribution in [0, 0.1) is 0 Å². The van der Waals surface area contributed by atoms with E-state index < -0.39 is 0 Å². The summed E-state index contributed by atoms with van der Waals surface area (Å²) >= 11 is 0. The molecule has 6 heteroatoms. The van der Waals surface area contributed by atoms with Gasteiger partial charge in [0.15, 0.2) is 11.5 Å². The van der Waals surface area contributed by atoms with Crippen molar-refractivity contribution in [3.63, 3.8) is 0 Å². The van der Waals surface area contributed by atoms with Gasteiger partial charge in [0.1, 0.15) is 5.69 Å². The maximum atomic E-state index is 12.1. The van der Waals surface area contributed by atoms with Crippen molar-refractivity contribution in [3.8, 4) is 11.5 Å². The summed E-state index contributed by atoms with van der Waals surface area (Å²) in [6.07, 6.45) is 4.45. The highest BCUT2D eigenvalue weighted by Gasteiger charge is 2.15. The average molecular weight is 315 g/mol. The summed E-state index contributed by atoms with van der Waals surface area (Å²) in [7, 11) is 0. The Morgan fingerprint density at radius 3 is 2.57 bits per heavy atom. The predicted octanol–water partition coefficient (Wildman–Crippen LogP) is 2.77. The van der Waals surface area contributed by atoms with Crippen LogP contribution in [0.25, 0.3) is 0 Å². The van der Waals surface area contributed by atoms with Crippen molar-refractivity contribution in [2.24, 2.45) is 0 Å². The van der Waals surface area contributed by atoms with Crippen LogP contribution in [0.3, 0.4) is 0 Å². The molecule has 0 aliphatic heterocycles. The fourth-order valence-corrected chi connectivity index (χ4v) is 2.11. The lowest BCUT2D eigenvalue weighted by molar-refractivity contribution is 0.0934. The molecule has 1 unspecified atom stereocenters. The lowest BCUT2D eigenvalue weighted by Crippen LogP contribution is -2.27. The van der Waals surface area contributed by atoms with E-state index in [4.69, 9.17) is 9.47 Å². The van der Waals surface area contributed by atoms with E-state index in [2.05, 4.69) is 15.3 Å². The number of nitrogens with one attached hydrogen (secondary N) is 1. The molecule has 0 saturated carbocycles. The molecular formula is C17H21N3O3. The smallest absolute Gasteiger partial charge is 0.271 e. The summed E-state index contributed by atoms with van der Waals surface area (Å²) in [5, 5.41) is 2.90. The van der Waals surface area contributed by atoms with Crippen LogP contribution in [0.2, 0.25) is 0 Å². The molecular weight excluding hydrogens is 294 g/mol. The van der Waals surface area contributed by atoms with E-state index in [1.807, 2.05) is 39.0 Å². The third-order valence-corrected chi connectivity index (χ3v) is 3.21. The van der Waals surface area contributed by atoms with E-state index in [0.717, 1.165) is 5.56 Å². The zero-order chi connectivity index (χ0) is 16.7. The zero-order valence-electron chi connectivity index (χ0n) is 13.6. The third kappa shape index (κ3) is 4.42. The maximum absolute atomic E-state index is 12.1. The molecule has 0 fully saturated rings. The number of benzene rings is 1. The third-order valence-electron chi connectivity index (χ3n) is 3.21. The molecule has 0 aliphatic rings. The Morgan fingerprint density at radius 1 is 1.17 bits per heavy atom. The van der Waals surface area contributed by atoms with Gasteiger partial charge in [-0.2, -0.15) is 0 Å². The van der Waals surface area contributed by atoms with Crippen molar-refractivity contribution in [1.82, 2.24) is 15.3 Å². The number of rotatable bonds is 7. The first kappa shape index (κ1) is 16.7. The van der Waals surface area contributed by atoms with Crippen LogP contribution in [0.1, 0.15) is 42.9 Å². The summed E-state index contributed by atoms with van der Waals surface area (Å²) in [4.78, 5) is 20.0. The SMILES string of the molecule is CCOc1ccc(C(C)NC(=O)c2cnccn2)cc1OCC. The van der Waals surface area contributed by atoms with E-state index in [9.17, 15) is 4.79 Å². The minimum atomic E-state index is -0.266. The Bertz CT molecular complexity index is 647. The average Bonchev–Trinajstić information content (AvgIpc) is 2.57. The first-order valence-electron chi connectivity index (χ1n) is 7.62. The molecule has 0 aliphatic carbocycles. The van der Waals surface area contributed by atoms with Gasteiger partial charge in [0, 0.05) is 12.4 Å². The van der Waals surface area contributed by atoms with Gasteiger partial charge >= 0.3 is 0 Å². The number of aromatic nitrogens is 2. The van der Waals surface area contributed by atoms with Crippen LogP contribution in [-0.4, -0.2) is 29.1 Å². The van der Waals surface area contributed by atoms with Crippen molar-refractivity contribution in [2.45, 2.75) is 26.8 Å². The number of nitrogens with zero attached hydrogens (tertiary/aromatic N) is 2. The molecule has 23 heavy (non-hydrogen) atoms. The molecule has 0 spiro atoms. The molecule has 2 rings (SSSR count). The molecule has 1 aromatic carbocycles. The van der Waals surface area contributed by atoms with Gasteiger partial charge < -0.3 is 14.8 Å². The molecule has 1 N–H and O–H groups in total. The van der Waals surface area contributed by atoms with E-state index >= 15 is 0 Å². The second-order valence-electron chi connectivity index (χ2n) is 4.86. The standard InChI is InChI=1S/C17H21N3O3/c1-4-22-15-7-6-13(10-16(15)23-5-2)12(3)20-17(21)14-11-18-8-9-19-14/h6-12H,4-5H2,1-3H3,(H,20,21). The summed E-state index contributed by atoms with van der Waals surface area (Å²) < 4.78 is 11.2. The van der Waals surface area contributed by atoms with Crippen LogP contribution >= 0.6 is 0 Å². The van der Waals surface area contributed by atoms with E-state index in [-0.39, 0.29) is 17.6 Å². The minimum Gasteiger partial charge on any atom is -0.490 e. The number of ether oxygens (including phenoxy) is 2. The van der Waals surface area contributed by atoms with Gasteiger partial charge in [-0.15, -0.1) is 0 Å². The maximum Gasteiger partial charge on any atom is 0.271 e. The molecule has 0 bridgehead atoms. The van der Waals surface area contributed by atoms with Gasteiger partial charge in [0.2, 0.25) is 0 Å². The summed E-state index contributed by atoms with van der Waals surface area (Å²) in [6.45, 7) is 6.86. The van der Waals surface area contributed by atoms with Crippen LogP contribution in [0.15, 0.2) is 36.8 Å². The molecule has 0 saturated heterocycles. The first-order chi connectivity index (χ1) is 11.2. The quantitative estimate of drug-likeness (QED) is 0.850. The number of carbonyl (C=O) groups excluding carboxylic acids is 1. The second-order valence-corrected chi connectivity index (χ2v) is 4.86. The van der Waals surface area contributed by atoms with E-state index in [1.165, 1.54) is 18.6 Å². The second kappa shape index (κ2) is 8.12. The highest BCUT2D eigenvalue weighted by Crippen LogP contribution is 2.30. The van der Waals surface area contributed by atoms with Crippen molar-refractivity contribution >= 4 is 5.91 Å². The van der Waals surface area contributed by atoms with Crippen LogP contribution in [0.5, 0.6) is 11.5 Å². The lowest BCUT2D eigenvalue weighted by atomic mass is 10.1. The van der Waals surface area contributed by atoms with Crippen molar-refractivity contribution in [1.29, 1.82) is 0 Å². The fourth-order valence-electron chi connectivity index (χ4n) is 2.11. The monoisotopic (exact) mass is 315 g/mol. The summed E-state index contributed by atoms with van der Waals surface area (Å²) in [6, 6.07) is 5.46. The molecule has 2 aromatic rings. The molecule has 122 valence electrons. The van der Waals surface area contributed by atoms with Gasteiger partial charge in [-0.1, -0.05) is 6.07 Å². The molecule has 1 aromatic heterocycles. The number of carbonyl (C=O) groups is 1. The number of amides is 1. The van der Waals surface area contributed by atoms with Gasteiger partial charge in [0.05, 0.1) is 25.5 Å². The Morgan fingerprint density at radius 2 is 1.91 bits per heavy atom. The van der Waals surface area contributed by atoms with Crippen LogP contribution < -0.4 is 14.8 Å². The fraction of sp³-hybridized carbons (Fsp3) is 0.353. The van der Waals surface area contributed by atoms with Gasteiger partial charge in [0.25, 0.3) is 5.91 Å². The Kier molecular flexibility index (Phi) is 5.91. The predicted molar refractivity (Wildman–Crippen MR) is 86.7 cm³/mol. The summed E-state index contributed by atoms with van der Waals surface area (Å²) in [5.41, 5.74) is 1.21. The highest BCUT2D eigenvalue weighted by atomic mass is 16.5. The molecule has 1 atom stereocenters. The molecule has 1 heterocycles. The topological polar surface area (TPSA) is 73.3 Å². The minimum absolute atomic E-state index is 0.195. The van der Waals surface area contributed by atoms with E-state index in [1.54, 1.807) is 0 Å². The van der Waals surface area contributed by atoms with Gasteiger partial charge in [-0.3, -0.25) is 9.78 Å². The van der Waals surface area contributed by atoms with Crippen molar-refractivity contribution < 1.29 is 14.3 Å². The first-order valence-corrected chi connectivity index (χ1v) is 7.62. The van der Waals surface area contributed by atoms with Crippen LogP contribution in [0.4, 0.5) is 0 Å². The number of hydrogen-bond acceptors (Lipinski definition) is 5. The largest absolute Gasteiger partial charge is 0.490 e. The van der Waals surface area contributed by atoms with Crippen LogP contribution in [-0.2, 0) is 0 Å².